The second-order valence-corrected chi connectivity index (χ2v) is 4.02. The van der Waals surface area contributed by atoms with E-state index in [1.807, 2.05) is 24.3 Å². The Labute approximate surface area is 96.9 Å². The molecule has 0 aliphatic carbocycles. The monoisotopic (exact) mass is 218 g/mol. The van der Waals surface area contributed by atoms with Crippen LogP contribution >= 0.6 is 0 Å². The second-order valence-electron chi connectivity index (χ2n) is 4.02. The molecule has 0 bridgehead atoms. The van der Waals surface area contributed by atoms with E-state index in [0.29, 0.717) is 11.6 Å². The third kappa shape index (κ3) is 3.25. The van der Waals surface area contributed by atoms with E-state index in [2.05, 4.69) is 24.8 Å². The van der Waals surface area contributed by atoms with Crippen LogP contribution in [0.2, 0.25) is 0 Å². The molecule has 0 unspecified atom stereocenters. The normalized spacial score (nSPS) is 10.2. The van der Waals surface area contributed by atoms with Crippen LogP contribution in [0.4, 0.5) is 5.69 Å². The van der Waals surface area contributed by atoms with Gasteiger partial charge in [0.05, 0.1) is 11.6 Å². The Morgan fingerprint density at radius 2 is 1.94 bits per heavy atom. The van der Waals surface area contributed by atoms with E-state index in [4.69, 9.17) is 10.4 Å². The van der Waals surface area contributed by atoms with Crippen LogP contribution in [-0.4, -0.2) is 24.3 Å². The quantitative estimate of drug-likeness (QED) is 0.823. The largest absolute Gasteiger partial charge is 0.396 e. The molecule has 1 rings (SSSR count). The maximum atomic E-state index is 8.86. The Bertz CT molecular complexity index is 351. The molecule has 3 heteroatoms. The molecule has 0 atom stereocenters. The van der Waals surface area contributed by atoms with Crippen molar-refractivity contribution >= 4 is 5.69 Å². The lowest BCUT2D eigenvalue weighted by Gasteiger charge is -2.28. The second kappa shape index (κ2) is 6.14. The molecule has 0 aliphatic heterocycles. The number of anilines is 1. The molecule has 0 fully saturated rings. The molecule has 1 aromatic rings. The molecule has 86 valence electrons. The minimum absolute atomic E-state index is 0.208. The molecule has 3 nitrogen and oxygen atoms in total. The zero-order valence-corrected chi connectivity index (χ0v) is 9.85. The number of rotatable bonds is 5. The van der Waals surface area contributed by atoms with E-state index >= 15 is 0 Å². The molecule has 0 aliphatic rings. The van der Waals surface area contributed by atoms with Gasteiger partial charge in [-0.3, -0.25) is 0 Å². The van der Waals surface area contributed by atoms with Gasteiger partial charge in [-0.25, -0.2) is 0 Å². The standard InChI is InChI=1S/C13H18N2O/c1-11(2)15(8-3-9-16)13-6-4-12(10-14)5-7-13/h4-7,11,16H,3,8-9H2,1-2H3. The van der Waals surface area contributed by atoms with Gasteiger partial charge in [0.25, 0.3) is 0 Å². The molecular weight excluding hydrogens is 200 g/mol. The minimum atomic E-state index is 0.208. The van der Waals surface area contributed by atoms with Crippen molar-refractivity contribution in [2.24, 2.45) is 0 Å². The Balaban J connectivity index is 2.80. The van der Waals surface area contributed by atoms with Crippen LogP contribution in [0.5, 0.6) is 0 Å². The summed E-state index contributed by atoms with van der Waals surface area (Å²) in [6.45, 7) is 5.28. The molecule has 0 aromatic heterocycles. The van der Waals surface area contributed by atoms with Crippen LogP contribution in [0.15, 0.2) is 24.3 Å². The van der Waals surface area contributed by atoms with Crippen molar-refractivity contribution in [3.63, 3.8) is 0 Å². The van der Waals surface area contributed by atoms with Crippen molar-refractivity contribution in [2.75, 3.05) is 18.1 Å². The van der Waals surface area contributed by atoms with Crippen LogP contribution in [-0.2, 0) is 0 Å². The fourth-order valence-electron chi connectivity index (χ4n) is 1.65. The lowest BCUT2D eigenvalue weighted by atomic mass is 10.2. The first-order valence-corrected chi connectivity index (χ1v) is 5.56. The Hall–Kier alpha value is -1.53. The van der Waals surface area contributed by atoms with Crippen molar-refractivity contribution in [3.05, 3.63) is 29.8 Å². The number of hydrogen-bond donors (Lipinski definition) is 1. The average Bonchev–Trinajstić information content (AvgIpc) is 2.30. The average molecular weight is 218 g/mol. The zero-order chi connectivity index (χ0) is 12.0. The van der Waals surface area contributed by atoms with E-state index in [1.54, 1.807) is 0 Å². The molecule has 0 saturated heterocycles. The van der Waals surface area contributed by atoms with Gasteiger partial charge in [-0.1, -0.05) is 0 Å². The smallest absolute Gasteiger partial charge is 0.0991 e. The van der Waals surface area contributed by atoms with Crippen molar-refractivity contribution in [3.8, 4) is 6.07 Å². The first kappa shape index (κ1) is 12.5. The lowest BCUT2D eigenvalue weighted by molar-refractivity contribution is 0.288. The van der Waals surface area contributed by atoms with E-state index in [-0.39, 0.29) is 6.61 Å². The Kier molecular flexibility index (Phi) is 4.81. The molecule has 0 amide bonds. The van der Waals surface area contributed by atoms with Crippen LogP contribution in [0.25, 0.3) is 0 Å². The first-order chi connectivity index (χ1) is 7.69. The van der Waals surface area contributed by atoms with E-state index in [0.717, 1.165) is 18.7 Å². The van der Waals surface area contributed by atoms with Gasteiger partial charge in [0, 0.05) is 24.9 Å². The van der Waals surface area contributed by atoms with Crippen molar-refractivity contribution in [2.45, 2.75) is 26.3 Å². The summed E-state index contributed by atoms with van der Waals surface area (Å²) in [5.74, 6) is 0. The summed E-state index contributed by atoms with van der Waals surface area (Å²) >= 11 is 0. The Morgan fingerprint density at radius 1 is 1.31 bits per heavy atom. The van der Waals surface area contributed by atoms with Gasteiger partial charge in [-0.2, -0.15) is 5.26 Å². The fourth-order valence-corrected chi connectivity index (χ4v) is 1.65. The van der Waals surface area contributed by atoms with Crippen molar-refractivity contribution in [1.82, 2.24) is 0 Å². The van der Waals surface area contributed by atoms with Gasteiger partial charge in [-0.15, -0.1) is 0 Å². The van der Waals surface area contributed by atoms with E-state index < -0.39 is 0 Å². The SMILES string of the molecule is CC(C)N(CCCO)c1ccc(C#N)cc1. The highest BCUT2D eigenvalue weighted by Gasteiger charge is 2.09. The van der Waals surface area contributed by atoms with Gasteiger partial charge in [-0.05, 0) is 44.5 Å². The highest BCUT2D eigenvalue weighted by Crippen LogP contribution is 2.17. The summed E-state index contributed by atoms with van der Waals surface area (Å²) in [6, 6.07) is 10.1. The zero-order valence-electron chi connectivity index (χ0n) is 9.85. The number of aliphatic hydroxyl groups excluding tert-OH is 1. The van der Waals surface area contributed by atoms with Gasteiger partial charge in [0.2, 0.25) is 0 Å². The molecule has 0 spiro atoms. The number of aliphatic hydroxyl groups is 1. The number of benzene rings is 1. The highest BCUT2D eigenvalue weighted by atomic mass is 16.3. The molecule has 0 heterocycles. The summed E-state index contributed by atoms with van der Waals surface area (Å²) in [4.78, 5) is 2.22. The van der Waals surface area contributed by atoms with Crippen molar-refractivity contribution < 1.29 is 5.11 Å². The highest BCUT2D eigenvalue weighted by molar-refractivity contribution is 5.50. The van der Waals surface area contributed by atoms with Gasteiger partial charge < -0.3 is 10.0 Å². The summed E-state index contributed by atoms with van der Waals surface area (Å²) < 4.78 is 0. The maximum Gasteiger partial charge on any atom is 0.0991 e. The van der Waals surface area contributed by atoms with Crippen LogP contribution in [0.1, 0.15) is 25.8 Å². The van der Waals surface area contributed by atoms with Gasteiger partial charge >= 0.3 is 0 Å². The third-order valence-electron chi connectivity index (χ3n) is 2.51. The van der Waals surface area contributed by atoms with Crippen LogP contribution in [0, 0.1) is 11.3 Å². The predicted octanol–water partition coefficient (Wildman–Crippen LogP) is 2.16. The van der Waals surface area contributed by atoms with E-state index in [9.17, 15) is 0 Å². The fraction of sp³-hybridized carbons (Fsp3) is 0.462. The Morgan fingerprint density at radius 3 is 2.38 bits per heavy atom. The summed E-state index contributed by atoms with van der Waals surface area (Å²) in [7, 11) is 0. The molecule has 16 heavy (non-hydrogen) atoms. The maximum absolute atomic E-state index is 8.86. The number of hydrogen-bond acceptors (Lipinski definition) is 3. The predicted molar refractivity (Wildman–Crippen MR) is 65.3 cm³/mol. The minimum Gasteiger partial charge on any atom is -0.396 e. The first-order valence-electron chi connectivity index (χ1n) is 5.56. The van der Waals surface area contributed by atoms with Crippen molar-refractivity contribution in [1.29, 1.82) is 5.26 Å². The molecule has 1 aromatic carbocycles. The summed E-state index contributed by atoms with van der Waals surface area (Å²) in [5, 5.41) is 17.6. The molecule has 0 radical (unpaired) electrons. The molecule has 1 N–H and O–H groups in total. The molecular formula is C13H18N2O. The van der Waals surface area contributed by atoms with Crippen LogP contribution in [0.3, 0.4) is 0 Å². The molecule has 0 saturated carbocycles. The third-order valence-corrected chi connectivity index (χ3v) is 2.51. The topological polar surface area (TPSA) is 47.3 Å². The van der Waals surface area contributed by atoms with Gasteiger partial charge in [0.1, 0.15) is 0 Å². The lowest BCUT2D eigenvalue weighted by Crippen LogP contribution is -2.32. The summed E-state index contributed by atoms with van der Waals surface area (Å²) in [5.41, 5.74) is 1.78. The summed E-state index contributed by atoms with van der Waals surface area (Å²) in [6.07, 6.45) is 0.762. The number of nitriles is 1. The van der Waals surface area contributed by atoms with E-state index in [1.165, 1.54) is 0 Å². The number of nitrogens with zero attached hydrogens (tertiary/aromatic N) is 2. The van der Waals surface area contributed by atoms with Crippen LogP contribution < -0.4 is 4.90 Å². The van der Waals surface area contributed by atoms with Gasteiger partial charge in [0.15, 0.2) is 0 Å².